The number of aliphatic hydroxyl groups is 3. The lowest BCUT2D eigenvalue weighted by atomic mass is 9.44. The lowest BCUT2D eigenvalue weighted by Gasteiger charge is -2.63. The van der Waals surface area contributed by atoms with Crippen LogP contribution in [0.3, 0.4) is 0 Å². The fourth-order valence-corrected chi connectivity index (χ4v) is 7.65. The predicted molar refractivity (Wildman–Crippen MR) is 108 cm³/mol. The van der Waals surface area contributed by atoms with Crippen LogP contribution >= 0.6 is 7.82 Å². The zero-order chi connectivity index (χ0) is 23.9. The number of phosphoric acid groups is 1. The van der Waals surface area contributed by atoms with Gasteiger partial charge in [-0.25, -0.2) is 8.96 Å². The second-order valence-corrected chi connectivity index (χ2v) is 11.1. The number of Topliss-reactive ketones (excluding diaryl/α,β-unsaturated/α-hetero) is 1. The normalized spacial score (nSPS) is 48.0. The van der Waals surface area contributed by atoms with E-state index in [0.717, 1.165) is 0 Å². The molecule has 3 saturated carbocycles. The molecule has 11 heteroatoms. The minimum Gasteiger partial charge on any atom is -0.390 e. The molecule has 0 bridgehead atoms. The highest BCUT2D eigenvalue weighted by Crippen LogP contribution is 2.71. The van der Waals surface area contributed by atoms with Crippen molar-refractivity contribution in [1.29, 1.82) is 0 Å². The van der Waals surface area contributed by atoms with Gasteiger partial charge in [-0.2, -0.15) is 0 Å². The van der Waals surface area contributed by atoms with Crippen LogP contribution in [-0.2, 0) is 18.7 Å². The van der Waals surface area contributed by atoms with Crippen molar-refractivity contribution in [2.75, 3.05) is 6.61 Å². The molecule has 0 aliphatic heterocycles. The number of carbonyl (C=O) groups is 2. The summed E-state index contributed by atoms with van der Waals surface area (Å²) in [5.41, 5.74) is -7.28. The molecule has 0 unspecified atom stereocenters. The van der Waals surface area contributed by atoms with Gasteiger partial charge in [0.25, 0.3) is 0 Å². The summed E-state index contributed by atoms with van der Waals surface area (Å²) in [6.07, 6.45) is 0.450. The molecule has 32 heavy (non-hydrogen) atoms. The third kappa shape index (κ3) is 2.87. The van der Waals surface area contributed by atoms with Crippen molar-refractivity contribution < 1.29 is 48.2 Å². The molecule has 0 spiro atoms. The van der Waals surface area contributed by atoms with E-state index in [0.29, 0.717) is 12.0 Å². The summed E-state index contributed by atoms with van der Waals surface area (Å²) in [6.45, 7) is 1.95. The molecular formula is C21H28FO9P. The molecule has 0 saturated heterocycles. The number of hydrogen-bond donors (Lipinski definition) is 5. The Morgan fingerprint density at radius 2 is 1.97 bits per heavy atom. The van der Waals surface area contributed by atoms with Crippen LogP contribution in [0.1, 0.15) is 39.5 Å². The average Bonchev–Trinajstić information content (AvgIpc) is 2.89. The van der Waals surface area contributed by atoms with Crippen molar-refractivity contribution in [3.05, 3.63) is 23.8 Å². The summed E-state index contributed by atoms with van der Waals surface area (Å²) >= 11 is 0. The summed E-state index contributed by atoms with van der Waals surface area (Å²) < 4.78 is 34.2. The van der Waals surface area contributed by atoms with E-state index in [-0.39, 0.29) is 18.6 Å². The van der Waals surface area contributed by atoms with E-state index in [1.807, 2.05) is 0 Å². The van der Waals surface area contributed by atoms with Gasteiger partial charge < -0.3 is 25.1 Å². The molecule has 0 heterocycles. The maximum atomic E-state index is 17.4. The first-order valence-corrected chi connectivity index (χ1v) is 12.1. The number of allylic oxidation sites excluding steroid dienone is 4. The first-order chi connectivity index (χ1) is 14.6. The Hall–Kier alpha value is -1.26. The zero-order valence-electron chi connectivity index (χ0n) is 17.8. The first kappa shape index (κ1) is 23.9. The maximum absolute atomic E-state index is 17.4. The molecule has 4 aliphatic rings. The number of alkyl halides is 1. The van der Waals surface area contributed by atoms with E-state index in [4.69, 9.17) is 4.52 Å². The second kappa shape index (κ2) is 7.12. The van der Waals surface area contributed by atoms with Gasteiger partial charge in [0.05, 0.1) is 6.10 Å². The Kier molecular flexibility index (Phi) is 5.31. The molecule has 0 aromatic carbocycles. The number of fused-ring (bicyclic) bond motifs is 5. The molecular weight excluding hydrogens is 446 g/mol. The number of halogens is 1. The van der Waals surface area contributed by atoms with Gasteiger partial charge in [0, 0.05) is 16.7 Å². The number of hydrogen-bond acceptors (Lipinski definition) is 7. The highest BCUT2D eigenvalue weighted by molar-refractivity contribution is 7.46. The molecule has 178 valence electrons. The highest BCUT2D eigenvalue weighted by Gasteiger charge is 2.77. The summed E-state index contributed by atoms with van der Waals surface area (Å²) in [6, 6.07) is 0. The van der Waals surface area contributed by atoms with Crippen molar-refractivity contribution in [3.8, 4) is 0 Å². The van der Waals surface area contributed by atoms with Gasteiger partial charge >= 0.3 is 7.82 Å². The Balaban J connectivity index is 1.91. The molecule has 0 radical (unpaired) electrons. The lowest BCUT2D eigenvalue weighted by molar-refractivity contribution is -0.219. The van der Waals surface area contributed by atoms with E-state index in [1.165, 1.54) is 25.2 Å². The average molecular weight is 474 g/mol. The summed E-state index contributed by atoms with van der Waals surface area (Å²) in [7, 11) is -5.21. The van der Waals surface area contributed by atoms with Gasteiger partial charge in [0.15, 0.2) is 22.8 Å². The lowest BCUT2D eigenvalue weighted by Crippen LogP contribution is -2.70. The van der Waals surface area contributed by atoms with Gasteiger partial charge in [-0.15, -0.1) is 0 Å². The summed E-state index contributed by atoms with van der Waals surface area (Å²) in [5.74, 6) is -3.05. The molecule has 3 fully saturated rings. The molecule has 0 aromatic rings. The Bertz CT molecular complexity index is 974. The molecule has 4 aliphatic carbocycles. The summed E-state index contributed by atoms with van der Waals surface area (Å²) in [5, 5.41) is 31.4. The molecule has 5 N–H and O–H groups in total. The van der Waals surface area contributed by atoms with Gasteiger partial charge in [-0.05, 0) is 50.7 Å². The van der Waals surface area contributed by atoms with Crippen LogP contribution < -0.4 is 0 Å². The van der Waals surface area contributed by atoms with E-state index >= 15 is 4.39 Å². The van der Waals surface area contributed by atoms with Gasteiger partial charge in [0.1, 0.15) is 12.7 Å². The number of ketones is 2. The molecule has 0 amide bonds. The third-order valence-electron chi connectivity index (χ3n) is 8.67. The fourth-order valence-electron chi connectivity index (χ4n) is 7.09. The summed E-state index contributed by atoms with van der Waals surface area (Å²) in [4.78, 5) is 43.6. The Morgan fingerprint density at radius 1 is 1.31 bits per heavy atom. The van der Waals surface area contributed by atoms with E-state index in [9.17, 15) is 39.3 Å². The smallest absolute Gasteiger partial charge is 0.390 e. The van der Waals surface area contributed by atoms with Crippen molar-refractivity contribution in [2.45, 2.75) is 63.0 Å². The van der Waals surface area contributed by atoms with Gasteiger partial charge in [-0.1, -0.05) is 18.6 Å². The monoisotopic (exact) mass is 474 g/mol. The minimum absolute atomic E-state index is 0.129. The number of rotatable bonds is 4. The minimum atomic E-state index is -5.21. The predicted octanol–water partition coefficient (Wildman–Crippen LogP) is 0.737. The van der Waals surface area contributed by atoms with Crippen LogP contribution in [0, 0.1) is 22.7 Å². The van der Waals surface area contributed by atoms with Crippen LogP contribution in [0.2, 0.25) is 0 Å². The largest absolute Gasteiger partial charge is 0.469 e. The highest BCUT2D eigenvalue weighted by atomic mass is 31.2. The van der Waals surface area contributed by atoms with Crippen LogP contribution in [0.5, 0.6) is 0 Å². The number of phosphoric ester groups is 1. The van der Waals surface area contributed by atoms with Crippen LogP contribution in [-0.4, -0.2) is 66.8 Å². The SMILES string of the molecule is C[C@]12C=CC(=O)C=C1CC[C@H]1[C@@H]3C[C@@H](O)[C@](O)(C(=O)CO)[C@@]3(C)C[C@H](OP(=O)(O)O)[C@@]12F. The van der Waals surface area contributed by atoms with Crippen LogP contribution in [0.25, 0.3) is 0 Å². The van der Waals surface area contributed by atoms with E-state index in [2.05, 4.69) is 0 Å². The van der Waals surface area contributed by atoms with Crippen molar-refractivity contribution in [1.82, 2.24) is 0 Å². The molecule has 0 aromatic heterocycles. The van der Waals surface area contributed by atoms with E-state index < -0.39 is 72.8 Å². The molecule has 8 atom stereocenters. The van der Waals surface area contributed by atoms with Crippen molar-refractivity contribution >= 4 is 19.4 Å². The Morgan fingerprint density at radius 3 is 2.56 bits per heavy atom. The van der Waals surface area contributed by atoms with Crippen LogP contribution in [0.15, 0.2) is 23.8 Å². The number of aliphatic hydroxyl groups excluding tert-OH is 2. The Labute approximate surface area is 184 Å². The van der Waals surface area contributed by atoms with Crippen molar-refractivity contribution in [3.63, 3.8) is 0 Å². The zero-order valence-corrected chi connectivity index (χ0v) is 18.7. The maximum Gasteiger partial charge on any atom is 0.469 e. The fraction of sp³-hybridized carbons (Fsp3) is 0.714. The van der Waals surface area contributed by atoms with Gasteiger partial charge in [0.2, 0.25) is 0 Å². The molecule has 4 rings (SSSR count). The van der Waals surface area contributed by atoms with E-state index in [1.54, 1.807) is 6.92 Å². The third-order valence-corrected chi connectivity index (χ3v) is 9.20. The quantitative estimate of drug-likeness (QED) is 0.370. The number of carbonyl (C=O) groups excluding carboxylic acids is 2. The van der Waals surface area contributed by atoms with Crippen LogP contribution in [0.4, 0.5) is 4.39 Å². The second-order valence-electron chi connectivity index (χ2n) is 9.93. The molecule has 9 nitrogen and oxygen atoms in total. The van der Waals surface area contributed by atoms with Crippen molar-refractivity contribution in [2.24, 2.45) is 22.7 Å². The first-order valence-electron chi connectivity index (χ1n) is 10.6. The van der Waals surface area contributed by atoms with Gasteiger partial charge in [-0.3, -0.25) is 14.1 Å². The topological polar surface area (TPSA) is 162 Å². The standard InChI is InChI=1S/C21H28FO9P/c1-18-6-5-12(24)7-11(18)3-4-13-14-8-15(25)21(27,16(26)10-23)19(14,2)9-17(20(13,18)22)31-32(28,29)30/h5-7,13-15,17,23,25,27H,3-4,8-10H2,1-2H3,(H2,28,29,30)/t13-,14-,15+,17-,18-,19-,20-,21-/m0/s1.